The average molecular weight is 155 g/mol. The lowest BCUT2D eigenvalue weighted by atomic mass is 10.3. The number of hydrogen-bond donors (Lipinski definition) is 1. The van der Waals surface area contributed by atoms with E-state index >= 15 is 0 Å². The van der Waals surface area contributed by atoms with Gasteiger partial charge in [-0.2, -0.15) is 0 Å². The lowest BCUT2D eigenvalue weighted by Crippen LogP contribution is -1.86. The Morgan fingerprint density at radius 2 is 1.89 bits per heavy atom. The van der Waals surface area contributed by atoms with Crippen LogP contribution in [-0.2, 0) is 4.89 Å². The highest BCUT2D eigenvalue weighted by Gasteiger charge is 1.81. The van der Waals surface area contributed by atoms with Crippen molar-refractivity contribution in [2.24, 2.45) is 0 Å². The minimum Gasteiger partial charge on any atom is -0.252 e. The van der Waals surface area contributed by atoms with Gasteiger partial charge in [0.25, 0.3) is 0 Å². The van der Waals surface area contributed by atoms with Crippen LogP contribution in [0, 0.1) is 0 Å². The van der Waals surface area contributed by atoms with Crippen LogP contribution in [0.1, 0.15) is 26.2 Å². The molecule has 0 rings (SSSR count). The van der Waals surface area contributed by atoms with Crippen molar-refractivity contribution in [3.05, 3.63) is 0 Å². The lowest BCUT2D eigenvalue weighted by molar-refractivity contribution is -0.242. The molecule has 0 saturated carbocycles. The van der Waals surface area contributed by atoms with Crippen LogP contribution >= 0.6 is 11.6 Å². The van der Waals surface area contributed by atoms with E-state index in [4.69, 9.17) is 5.26 Å². The van der Waals surface area contributed by atoms with Crippen LogP contribution < -0.4 is 0 Å². The quantitative estimate of drug-likeness (QED) is 0.292. The summed E-state index contributed by atoms with van der Waals surface area (Å²) >= 11 is 4.64. The van der Waals surface area contributed by atoms with Crippen molar-refractivity contribution < 1.29 is 10.1 Å². The first-order valence-electron chi connectivity index (χ1n) is 3.06. The number of hydrogen-bond acceptors (Lipinski definition) is 2. The zero-order valence-electron chi connectivity index (χ0n) is 6.06. The van der Waals surface area contributed by atoms with E-state index in [9.17, 15) is 0 Å². The second-order valence-electron chi connectivity index (χ2n) is 1.54. The van der Waals surface area contributed by atoms with Gasteiger partial charge in [0, 0.05) is 6.38 Å². The SMILES string of the molecule is CCCCCOO.CCl. The first-order valence-corrected chi connectivity index (χ1v) is 3.81. The molecule has 0 aliphatic carbocycles. The van der Waals surface area contributed by atoms with Crippen LogP contribution in [0.3, 0.4) is 0 Å². The maximum absolute atomic E-state index is 7.79. The summed E-state index contributed by atoms with van der Waals surface area (Å²) < 4.78 is 0. The standard InChI is InChI=1S/C5H12O2.CH3Cl/c1-2-3-4-5-7-6;1-2/h6H,2-5H2,1H3;1H3. The van der Waals surface area contributed by atoms with Gasteiger partial charge in [0.1, 0.15) is 0 Å². The van der Waals surface area contributed by atoms with Crippen molar-refractivity contribution in [3.8, 4) is 0 Å². The van der Waals surface area contributed by atoms with Crippen LogP contribution in [0.4, 0.5) is 0 Å². The third-order valence-corrected chi connectivity index (χ3v) is 0.839. The van der Waals surface area contributed by atoms with Crippen LogP contribution in [0.25, 0.3) is 0 Å². The third-order valence-electron chi connectivity index (χ3n) is 0.839. The Balaban J connectivity index is 0. The highest BCUT2D eigenvalue weighted by atomic mass is 35.5. The van der Waals surface area contributed by atoms with Gasteiger partial charge >= 0.3 is 0 Å². The van der Waals surface area contributed by atoms with Gasteiger partial charge in [-0.05, 0) is 6.42 Å². The zero-order valence-corrected chi connectivity index (χ0v) is 6.82. The monoisotopic (exact) mass is 154 g/mol. The molecule has 0 aromatic rings. The van der Waals surface area contributed by atoms with Crippen molar-refractivity contribution in [2.75, 3.05) is 13.0 Å². The summed E-state index contributed by atoms with van der Waals surface area (Å²) in [6.45, 7) is 2.59. The van der Waals surface area contributed by atoms with Crippen LogP contribution in [-0.4, -0.2) is 18.2 Å². The Kier molecular flexibility index (Phi) is 20.9. The average Bonchev–Trinajstić information content (AvgIpc) is 1.94. The molecule has 0 amide bonds. The van der Waals surface area contributed by atoms with E-state index in [-0.39, 0.29) is 0 Å². The molecule has 0 heterocycles. The normalized spacial score (nSPS) is 8.00. The van der Waals surface area contributed by atoms with Crippen molar-refractivity contribution in [1.29, 1.82) is 0 Å². The molecule has 0 unspecified atom stereocenters. The van der Waals surface area contributed by atoms with Crippen molar-refractivity contribution in [2.45, 2.75) is 26.2 Å². The predicted octanol–water partition coefficient (Wildman–Crippen LogP) is 2.52. The van der Waals surface area contributed by atoms with Crippen molar-refractivity contribution in [3.63, 3.8) is 0 Å². The molecule has 0 aromatic heterocycles. The van der Waals surface area contributed by atoms with Gasteiger partial charge in [0.05, 0.1) is 6.61 Å². The summed E-state index contributed by atoms with van der Waals surface area (Å²) in [5, 5.41) is 7.79. The van der Waals surface area contributed by atoms with Gasteiger partial charge in [-0.1, -0.05) is 19.8 Å². The Bertz CT molecular complexity index is 30.2. The van der Waals surface area contributed by atoms with Gasteiger partial charge in [0.15, 0.2) is 0 Å². The molecule has 0 atom stereocenters. The summed E-state index contributed by atoms with van der Waals surface area (Å²) in [6.07, 6.45) is 4.75. The molecule has 0 bridgehead atoms. The molecular formula is C6H15ClO2. The van der Waals surface area contributed by atoms with Gasteiger partial charge in [0.2, 0.25) is 0 Å². The predicted molar refractivity (Wildman–Crippen MR) is 39.9 cm³/mol. The molecule has 0 radical (unpaired) electrons. The van der Waals surface area contributed by atoms with Gasteiger partial charge < -0.3 is 0 Å². The molecule has 3 heteroatoms. The topological polar surface area (TPSA) is 29.5 Å². The molecule has 0 saturated heterocycles. The molecule has 2 nitrogen and oxygen atoms in total. The Labute approximate surface area is 61.7 Å². The number of halogens is 1. The molecular weight excluding hydrogens is 140 g/mol. The summed E-state index contributed by atoms with van der Waals surface area (Å²) in [4.78, 5) is 3.84. The van der Waals surface area contributed by atoms with Gasteiger partial charge in [-0.25, -0.2) is 4.89 Å². The summed E-state index contributed by atoms with van der Waals surface area (Å²) in [5.74, 6) is 0. The maximum atomic E-state index is 7.79. The minimum absolute atomic E-state index is 0.480. The van der Waals surface area contributed by atoms with Gasteiger partial charge in [-0.15, -0.1) is 11.6 Å². The molecule has 0 aliphatic rings. The molecule has 0 aliphatic heterocycles. The number of rotatable bonds is 4. The van der Waals surface area contributed by atoms with E-state index in [1.165, 1.54) is 12.8 Å². The fourth-order valence-electron chi connectivity index (χ4n) is 0.417. The van der Waals surface area contributed by atoms with E-state index in [1.807, 2.05) is 0 Å². The van der Waals surface area contributed by atoms with Gasteiger partial charge in [-0.3, -0.25) is 5.26 Å². The first-order chi connectivity index (χ1) is 4.41. The van der Waals surface area contributed by atoms with Crippen LogP contribution in [0.5, 0.6) is 0 Å². The maximum Gasteiger partial charge on any atom is 0.0819 e. The molecule has 0 spiro atoms. The molecule has 9 heavy (non-hydrogen) atoms. The number of unbranched alkanes of at least 4 members (excludes halogenated alkanes) is 2. The lowest BCUT2D eigenvalue weighted by Gasteiger charge is -1.90. The van der Waals surface area contributed by atoms with Crippen LogP contribution in [0.2, 0.25) is 0 Å². The third kappa shape index (κ3) is 17.9. The smallest absolute Gasteiger partial charge is 0.0819 e. The summed E-state index contributed by atoms with van der Waals surface area (Å²) in [6, 6.07) is 0. The Hall–Kier alpha value is 0.210. The molecule has 58 valence electrons. The van der Waals surface area contributed by atoms with Crippen molar-refractivity contribution in [1.82, 2.24) is 0 Å². The minimum atomic E-state index is 0.480. The van der Waals surface area contributed by atoms with Crippen molar-refractivity contribution >= 4 is 11.6 Å². The Morgan fingerprint density at radius 3 is 2.22 bits per heavy atom. The number of alkyl halides is 1. The second kappa shape index (κ2) is 15.7. The van der Waals surface area contributed by atoms with E-state index in [1.54, 1.807) is 0 Å². The van der Waals surface area contributed by atoms with E-state index in [2.05, 4.69) is 23.4 Å². The fourth-order valence-corrected chi connectivity index (χ4v) is 0.417. The molecule has 1 N–H and O–H groups in total. The van der Waals surface area contributed by atoms with Crippen LogP contribution in [0.15, 0.2) is 0 Å². The Morgan fingerprint density at radius 1 is 1.33 bits per heavy atom. The first kappa shape index (κ1) is 11.9. The summed E-state index contributed by atoms with van der Waals surface area (Å²) in [7, 11) is 0. The second-order valence-corrected chi connectivity index (χ2v) is 1.54. The van der Waals surface area contributed by atoms with E-state index in [0.29, 0.717) is 6.61 Å². The molecule has 0 fully saturated rings. The highest BCUT2D eigenvalue weighted by molar-refractivity contribution is 6.15. The zero-order chi connectivity index (χ0) is 7.54. The van der Waals surface area contributed by atoms with E-state index < -0.39 is 0 Å². The summed E-state index contributed by atoms with van der Waals surface area (Å²) in [5.41, 5.74) is 0. The molecule has 0 aromatic carbocycles. The van der Waals surface area contributed by atoms with E-state index in [0.717, 1.165) is 12.8 Å². The highest BCUT2D eigenvalue weighted by Crippen LogP contribution is 1.91. The largest absolute Gasteiger partial charge is 0.252 e. The fraction of sp³-hybridized carbons (Fsp3) is 1.00.